The molecule has 1 amide bonds. The molecule has 1 aromatic heterocycles. The number of nitrogens with one attached hydrogen (secondary N) is 1. The van der Waals surface area contributed by atoms with Crippen LogP contribution in [0.3, 0.4) is 0 Å². The molecule has 0 spiro atoms. The first-order chi connectivity index (χ1) is 12.1. The first kappa shape index (κ1) is 15.7. The lowest BCUT2D eigenvalue weighted by atomic mass is 10.1. The van der Waals surface area contributed by atoms with Crippen molar-refractivity contribution in [2.45, 2.75) is 0 Å². The van der Waals surface area contributed by atoms with Crippen LogP contribution < -0.4 is 20.4 Å². The minimum atomic E-state index is -0.690. The normalized spacial score (nSPS) is 12.8. The summed E-state index contributed by atoms with van der Waals surface area (Å²) in [6.07, 6.45) is 0. The van der Waals surface area contributed by atoms with E-state index in [9.17, 15) is 9.59 Å². The SMILES string of the molecule is O=C(Nc1cc2c(cc1Br)OCCO2)c1cc2ccccc2oc1=O. The van der Waals surface area contributed by atoms with E-state index in [2.05, 4.69) is 21.2 Å². The van der Waals surface area contributed by atoms with Gasteiger partial charge < -0.3 is 19.2 Å². The first-order valence-electron chi connectivity index (χ1n) is 7.55. The van der Waals surface area contributed by atoms with Gasteiger partial charge in [0.25, 0.3) is 5.91 Å². The minimum absolute atomic E-state index is 0.0690. The van der Waals surface area contributed by atoms with Gasteiger partial charge in [-0.1, -0.05) is 18.2 Å². The first-order valence-corrected chi connectivity index (χ1v) is 8.34. The zero-order chi connectivity index (χ0) is 17.4. The summed E-state index contributed by atoms with van der Waals surface area (Å²) >= 11 is 3.38. The highest BCUT2D eigenvalue weighted by Crippen LogP contribution is 2.38. The number of halogens is 1. The van der Waals surface area contributed by atoms with E-state index in [-0.39, 0.29) is 5.56 Å². The average molecular weight is 402 g/mol. The number of hydrogen-bond acceptors (Lipinski definition) is 5. The van der Waals surface area contributed by atoms with Gasteiger partial charge in [0.15, 0.2) is 11.5 Å². The maximum atomic E-state index is 12.5. The Hall–Kier alpha value is -2.80. The summed E-state index contributed by atoms with van der Waals surface area (Å²) in [5, 5.41) is 3.38. The van der Waals surface area contributed by atoms with Crippen LogP contribution in [0.2, 0.25) is 0 Å². The van der Waals surface area contributed by atoms with Crippen molar-refractivity contribution in [1.29, 1.82) is 0 Å². The van der Waals surface area contributed by atoms with Gasteiger partial charge in [0.2, 0.25) is 0 Å². The van der Waals surface area contributed by atoms with Crippen LogP contribution >= 0.6 is 15.9 Å². The molecule has 0 fully saturated rings. The van der Waals surface area contributed by atoms with Crippen molar-refractivity contribution >= 4 is 38.5 Å². The lowest BCUT2D eigenvalue weighted by Crippen LogP contribution is -2.21. The second-order valence-electron chi connectivity index (χ2n) is 5.42. The Kier molecular flexibility index (Phi) is 3.93. The zero-order valence-electron chi connectivity index (χ0n) is 12.9. The van der Waals surface area contributed by atoms with Crippen LogP contribution in [-0.4, -0.2) is 19.1 Å². The zero-order valence-corrected chi connectivity index (χ0v) is 14.5. The second-order valence-corrected chi connectivity index (χ2v) is 6.27. The van der Waals surface area contributed by atoms with Gasteiger partial charge in [-0.3, -0.25) is 4.79 Å². The summed E-state index contributed by atoms with van der Waals surface area (Å²) in [5.74, 6) is 0.577. The van der Waals surface area contributed by atoms with Crippen molar-refractivity contribution in [1.82, 2.24) is 0 Å². The molecule has 0 aliphatic carbocycles. The number of rotatable bonds is 2. The molecular formula is C18H12BrNO5. The molecule has 0 unspecified atom stereocenters. The van der Waals surface area contributed by atoms with E-state index in [4.69, 9.17) is 13.9 Å². The monoisotopic (exact) mass is 401 g/mol. The van der Waals surface area contributed by atoms with Crippen LogP contribution in [0.1, 0.15) is 10.4 Å². The molecule has 126 valence electrons. The maximum Gasteiger partial charge on any atom is 0.349 e. The number of ether oxygens (including phenoxy) is 2. The standard InChI is InChI=1S/C18H12BrNO5/c19-12-8-15-16(24-6-5-23-15)9-13(12)20-17(21)11-7-10-3-1-2-4-14(10)25-18(11)22/h1-4,7-9H,5-6H2,(H,20,21). The number of fused-ring (bicyclic) bond motifs is 2. The highest BCUT2D eigenvalue weighted by atomic mass is 79.9. The molecule has 25 heavy (non-hydrogen) atoms. The van der Waals surface area contributed by atoms with Gasteiger partial charge in [-0.05, 0) is 28.1 Å². The van der Waals surface area contributed by atoms with E-state index in [0.29, 0.717) is 45.8 Å². The van der Waals surface area contributed by atoms with Crippen LogP contribution in [0.15, 0.2) is 56.1 Å². The molecule has 6 nitrogen and oxygen atoms in total. The molecule has 1 aliphatic heterocycles. The lowest BCUT2D eigenvalue weighted by molar-refractivity contribution is 0.102. The van der Waals surface area contributed by atoms with Gasteiger partial charge in [0.05, 0.1) is 5.69 Å². The van der Waals surface area contributed by atoms with Crippen LogP contribution in [0.4, 0.5) is 5.69 Å². The predicted molar refractivity (Wildman–Crippen MR) is 95.6 cm³/mol. The summed E-state index contributed by atoms with van der Waals surface area (Å²) < 4.78 is 16.8. The molecule has 0 atom stereocenters. The van der Waals surface area contributed by atoms with E-state index >= 15 is 0 Å². The van der Waals surface area contributed by atoms with Crippen molar-refractivity contribution < 1.29 is 18.7 Å². The van der Waals surface area contributed by atoms with Gasteiger partial charge in [-0.25, -0.2) is 4.79 Å². The molecular weight excluding hydrogens is 390 g/mol. The van der Waals surface area contributed by atoms with Crippen LogP contribution in [0, 0.1) is 0 Å². The second kappa shape index (κ2) is 6.25. The molecule has 7 heteroatoms. The fourth-order valence-corrected chi connectivity index (χ4v) is 2.99. The largest absolute Gasteiger partial charge is 0.486 e. The Labute approximate surface area is 150 Å². The Morgan fingerprint density at radius 1 is 1.04 bits per heavy atom. The number of benzene rings is 2. The molecule has 0 radical (unpaired) electrons. The van der Waals surface area contributed by atoms with Gasteiger partial charge in [0, 0.05) is 22.0 Å². The summed E-state index contributed by atoms with van der Waals surface area (Å²) in [4.78, 5) is 24.6. The molecule has 1 N–H and O–H groups in total. The number of hydrogen-bond donors (Lipinski definition) is 1. The van der Waals surface area contributed by atoms with E-state index in [1.165, 1.54) is 6.07 Å². The van der Waals surface area contributed by atoms with Crippen LogP contribution in [0.25, 0.3) is 11.0 Å². The third-order valence-electron chi connectivity index (χ3n) is 3.77. The van der Waals surface area contributed by atoms with E-state index in [0.717, 1.165) is 0 Å². The number of carbonyl (C=O) groups is 1. The van der Waals surface area contributed by atoms with Crippen molar-refractivity contribution in [2.75, 3.05) is 18.5 Å². The van der Waals surface area contributed by atoms with E-state index < -0.39 is 11.5 Å². The number of carbonyl (C=O) groups excluding carboxylic acids is 1. The quantitative estimate of drug-likeness (QED) is 0.664. The Morgan fingerprint density at radius 2 is 1.76 bits per heavy atom. The maximum absolute atomic E-state index is 12.5. The Morgan fingerprint density at radius 3 is 2.56 bits per heavy atom. The Bertz CT molecular complexity index is 1040. The number of anilines is 1. The smallest absolute Gasteiger partial charge is 0.349 e. The van der Waals surface area contributed by atoms with Gasteiger partial charge >= 0.3 is 5.63 Å². The molecule has 0 saturated heterocycles. The molecule has 0 bridgehead atoms. The van der Waals surface area contributed by atoms with Gasteiger partial charge in [-0.15, -0.1) is 0 Å². The number of amides is 1. The highest BCUT2D eigenvalue weighted by Gasteiger charge is 2.19. The minimum Gasteiger partial charge on any atom is -0.486 e. The molecule has 2 aromatic carbocycles. The highest BCUT2D eigenvalue weighted by molar-refractivity contribution is 9.10. The molecule has 1 aliphatic rings. The van der Waals surface area contributed by atoms with Crippen molar-refractivity contribution in [2.24, 2.45) is 0 Å². The fraction of sp³-hybridized carbons (Fsp3) is 0.111. The van der Waals surface area contributed by atoms with Crippen molar-refractivity contribution in [3.05, 3.63) is 62.9 Å². The van der Waals surface area contributed by atoms with Gasteiger partial charge in [-0.2, -0.15) is 0 Å². The summed E-state index contributed by atoms with van der Waals surface area (Å²) in [6.45, 7) is 0.916. The molecule has 3 aromatic rings. The predicted octanol–water partition coefficient (Wildman–Crippen LogP) is 3.58. The topological polar surface area (TPSA) is 77.8 Å². The van der Waals surface area contributed by atoms with Gasteiger partial charge in [0.1, 0.15) is 24.4 Å². The third-order valence-corrected chi connectivity index (χ3v) is 4.42. The third kappa shape index (κ3) is 2.98. The molecule has 4 rings (SSSR count). The molecule has 2 heterocycles. The summed E-state index contributed by atoms with van der Waals surface area (Å²) in [6, 6.07) is 11.9. The van der Waals surface area contributed by atoms with Crippen molar-refractivity contribution in [3.8, 4) is 11.5 Å². The summed E-state index contributed by atoms with van der Waals surface area (Å²) in [7, 11) is 0. The van der Waals surface area contributed by atoms with Crippen molar-refractivity contribution in [3.63, 3.8) is 0 Å². The number of para-hydroxylation sites is 1. The molecule has 0 saturated carbocycles. The van der Waals surface area contributed by atoms with E-state index in [1.807, 2.05) is 0 Å². The lowest BCUT2D eigenvalue weighted by Gasteiger charge is -2.20. The Balaban J connectivity index is 1.68. The average Bonchev–Trinajstić information content (AvgIpc) is 2.61. The van der Waals surface area contributed by atoms with E-state index in [1.54, 1.807) is 36.4 Å². The fourth-order valence-electron chi connectivity index (χ4n) is 2.57. The summed E-state index contributed by atoms with van der Waals surface area (Å²) in [5.41, 5.74) is 0.150. The van der Waals surface area contributed by atoms with Crippen LogP contribution in [-0.2, 0) is 0 Å². The van der Waals surface area contributed by atoms with Crippen LogP contribution in [0.5, 0.6) is 11.5 Å².